The van der Waals surface area contributed by atoms with Crippen molar-refractivity contribution in [2.45, 2.75) is 39.0 Å². The van der Waals surface area contributed by atoms with Crippen LogP contribution in [0.1, 0.15) is 43.2 Å². The smallest absolute Gasteiger partial charge is 0.0213 e. The van der Waals surface area contributed by atoms with Gasteiger partial charge in [0.05, 0.1) is 0 Å². The molecule has 0 nitrogen and oxygen atoms in total. The molecule has 0 amide bonds. The molecule has 0 aromatic heterocycles. The second-order valence-corrected chi connectivity index (χ2v) is 4.77. The normalized spacial score (nSPS) is 12.1. The Morgan fingerprint density at radius 1 is 1.47 bits per heavy atom. The third-order valence-corrected chi connectivity index (χ3v) is 3.28. The number of terminal acetylenes is 1. The summed E-state index contributed by atoms with van der Waals surface area (Å²) < 4.78 is 1.19. The zero-order valence-electron chi connectivity index (χ0n) is 9.39. The minimum Gasteiger partial charge on any atom is -0.120 e. The molecular weight excluding hydrogens is 248 g/mol. The Bertz CT molecular complexity index is 360. The van der Waals surface area contributed by atoms with Crippen LogP contribution in [0.5, 0.6) is 0 Å². The Morgan fingerprint density at radius 3 is 2.73 bits per heavy atom. The first-order chi connectivity index (χ1) is 7.19. The molecule has 1 aromatic carbocycles. The first-order valence-corrected chi connectivity index (χ1v) is 6.17. The molecule has 0 saturated heterocycles. The summed E-state index contributed by atoms with van der Waals surface area (Å²) in [5.41, 5.74) is 2.63. The highest BCUT2D eigenvalue weighted by Gasteiger charge is 2.12. The third-order valence-electron chi connectivity index (χ3n) is 2.60. The van der Waals surface area contributed by atoms with E-state index in [0.717, 1.165) is 12.8 Å². The molecule has 0 radical (unpaired) electrons. The minimum atomic E-state index is 0.495. The lowest BCUT2D eigenvalue weighted by Gasteiger charge is -2.15. The molecule has 1 atom stereocenters. The lowest BCUT2D eigenvalue weighted by Crippen LogP contribution is -1.99. The van der Waals surface area contributed by atoms with E-state index in [2.05, 4.69) is 53.9 Å². The number of hydrogen-bond acceptors (Lipinski definition) is 0. The molecule has 15 heavy (non-hydrogen) atoms. The van der Waals surface area contributed by atoms with Gasteiger partial charge in [0.15, 0.2) is 0 Å². The number of aryl methyl sites for hydroxylation is 1. The van der Waals surface area contributed by atoms with E-state index in [1.807, 2.05) is 0 Å². The summed E-state index contributed by atoms with van der Waals surface area (Å²) in [6, 6.07) is 6.50. The Labute approximate surface area is 101 Å². The average Bonchev–Trinajstić information content (AvgIpc) is 2.17. The number of rotatable bonds is 4. The molecule has 0 heterocycles. The van der Waals surface area contributed by atoms with Gasteiger partial charge < -0.3 is 0 Å². The Hall–Kier alpha value is -0.740. The van der Waals surface area contributed by atoms with E-state index in [1.165, 1.54) is 22.0 Å². The molecule has 1 rings (SSSR count). The summed E-state index contributed by atoms with van der Waals surface area (Å²) in [7, 11) is 0. The van der Waals surface area contributed by atoms with E-state index < -0.39 is 0 Å². The van der Waals surface area contributed by atoms with Crippen LogP contribution in [0.3, 0.4) is 0 Å². The summed E-state index contributed by atoms with van der Waals surface area (Å²) in [6.45, 7) is 4.30. The van der Waals surface area contributed by atoms with E-state index in [9.17, 15) is 0 Å². The van der Waals surface area contributed by atoms with Crippen molar-refractivity contribution < 1.29 is 0 Å². The molecular formula is C14H17Br. The third kappa shape index (κ3) is 3.39. The van der Waals surface area contributed by atoms with Gasteiger partial charge in [-0.05, 0) is 36.5 Å². The van der Waals surface area contributed by atoms with Crippen LogP contribution in [0, 0.1) is 19.3 Å². The van der Waals surface area contributed by atoms with Gasteiger partial charge >= 0.3 is 0 Å². The molecule has 0 bridgehead atoms. The van der Waals surface area contributed by atoms with Crippen molar-refractivity contribution >= 4 is 15.9 Å². The van der Waals surface area contributed by atoms with Gasteiger partial charge in [-0.2, -0.15) is 0 Å². The summed E-state index contributed by atoms with van der Waals surface area (Å²) in [4.78, 5) is 0. The van der Waals surface area contributed by atoms with E-state index in [1.54, 1.807) is 0 Å². The van der Waals surface area contributed by atoms with Crippen molar-refractivity contribution in [1.82, 2.24) is 0 Å². The second-order valence-electron chi connectivity index (χ2n) is 3.92. The largest absolute Gasteiger partial charge is 0.120 e. The molecule has 0 aliphatic heterocycles. The van der Waals surface area contributed by atoms with Crippen LogP contribution in [0.15, 0.2) is 22.7 Å². The summed E-state index contributed by atoms with van der Waals surface area (Å²) >= 11 is 3.62. The second kappa shape index (κ2) is 5.98. The van der Waals surface area contributed by atoms with Crippen LogP contribution in [-0.2, 0) is 0 Å². The van der Waals surface area contributed by atoms with Gasteiger partial charge in [-0.3, -0.25) is 0 Å². The van der Waals surface area contributed by atoms with Crippen LogP contribution < -0.4 is 0 Å². The number of halogens is 1. The van der Waals surface area contributed by atoms with Crippen molar-refractivity contribution in [2.75, 3.05) is 0 Å². The molecule has 0 N–H and O–H groups in total. The van der Waals surface area contributed by atoms with Crippen LogP contribution in [0.4, 0.5) is 0 Å². The lowest BCUT2D eigenvalue weighted by molar-refractivity contribution is 0.626. The molecule has 0 aliphatic carbocycles. The van der Waals surface area contributed by atoms with Gasteiger partial charge in [-0.15, -0.1) is 12.3 Å². The van der Waals surface area contributed by atoms with Crippen LogP contribution >= 0.6 is 15.9 Å². The number of benzene rings is 1. The monoisotopic (exact) mass is 264 g/mol. The van der Waals surface area contributed by atoms with Crippen molar-refractivity contribution in [3.63, 3.8) is 0 Å². The molecule has 0 spiro atoms. The standard InChI is InChI=1S/C14H17Br/c1-4-6-12(7-5-2)13-9-8-11(3)10-14(13)15/h1,8-10,12H,5-7H2,2-3H3. The fourth-order valence-electron chi connectivity index (χ4n) is 1.82. The van der Waals surface area contributed by atoms with E-state index >= 15 is 0 Å². The van der Waals surface area contributed by atoms with Crippen molar-refractivity contribution in [3.8, 4) is 12.3 Å². The van der Waals surface area contributed by atoms with Crippen molar-refractivity contribution in [3.05, 3.63) is 33.8 Å². The highest BCUT2D eigenvalue weighted by atomic mass is 79.9. The quantitative estimate of drug-likeness (QED) is 0.694. The zero-order valence-corrected chi connectivity index (χ0v) is 11.0. The van der Waals surface area contributed by atoms with Crippen molar-refractivity contribution in [2.24, 2.45) is 0 Å². The Kier molecular flexibility index (Phi) is 4.91. The maximum atomic E-state index is 5.41. The maximum absolute atomic E-state index is 5.41. The Balaban J connectivity index is 2.95. The van der Waals surface area contributed by atoms with E-state index in [-0.39, 0.29) is 0 Å². The summed E-state index contributed by atoms with van der Waals surface area (Å²) in [5, 5.41) is 0. The van der Waals surface area contributed by atoms with Gasteiger partial charge in [0.2, 0.25) is 0 Å². The molecule has 0 fully saturated rings. The molecule has 0 saturated carbocycles. The average molecular weight is 265 g/mol. The Morgan fingerprint density at radius 2 is 2.20 bits per heavy atom. The molecule has 1 unspecified atom stereocenters. The minimum absolute atomic E-state index is 0.495. The topological polar surface area (TPSA) is 0 Å². The highest BCUT2D eigenvalue weighted by molar-refractivity contribution is 9.10. The van der Waals surface area contributed by atoms with Gasteiger partial charge in [0.25, 0.3) is 0 Å². The zero-order chi connectivity index (χ0) is 11.3. The first-order valence-electron chi connectivity index (χ1n) is 5.38. The van der Waals surface area contributed by atoms with Gasteiger partial charge in [0.1, 0.15) is 0 Å². The van der Waals surface area contributed by atoms with E-state index in [4.69, 9.17) is 6.42 Å². The molecule has 1 heteroatoms. The van der Waals surface area contributed by atoms with Crippen LogP contribution in [0.2, 0.25) is 0 Å². The first kappa shape index (κ1) is 12.3. The van der Waals surface area contributed by atoms with Crippen LogP contribution in [0.25, 0.3) is 0 Å². The number of hydrogen-bond donors (Lipinski definition) is 0. The summed E-state index contributed by atoms with van der Waals surface area (Å²) in [6.07, 6.45) is 8.57. The van der Waals surface area contributed by atoms with Gasteiger partial charge in [-0.25, -0.2) is 0 Å². The summed E-state index contributed by atoms with van der Waals surface area (Å²) in [5.74, 6) is 3.27. The predicted octanol–water partition coefficient (Wildman–Crippen LogP) is 4.66. The fraction of sp³-hybridized carbons (Fsp3) is 0.429. The van der Waals surface area contributed by atoms with Crippen LogP contribution in [-0.4, -0.2) is 0 Å². The van der Waals surface area contributed by atoms with Gasteiger partial charge in [-0.1, -0.05) is 41.4 Å². The maximum Gasteiger partial charge on any atom is 0.0213 e. The predicted molar refractivity (Wildman–Crippen MR) is 70.0 cm³/mol. The SMILES string of the molecule is C#CCC(CCC)c1ccc(C)cc1Br. The fourth-order valence-corrected chi connectivity index (χ4v) is 2.64. The molecule has 1 aromatic rings. The van der Waals surface area contributed by atoms with Gasteiger partial charge in [0, 0.05) is 10.9 Å². The molecule has 80 valence electrons. The lowest BCUT2D eigenvalue weighted by atomic mass is 9.91. The molecule has 0 aliphatic rings. The van der Waals surface area contributed by atoms with Crippen molar-refractivity contribution in [1.29, 1.82) is 0 Å². The highest BCUT2D eigenvalue weighted by Crippen LogP contribution is 2.31. The van der Waals surface area contributed by atoms with E-state index in [0.29, 0.717) is 5.92 Å².